The molecule has 2 aliphatic rings. The summed E-state index contributed by atoms with van der Waals surface area (Å²) < 4.78 is 5.28. The highest BCUT2D eigenvalue weighted by atomic mass is 16.3. The molecule has 2 aliphatic heterocycles. The number of benzene rings is 1. The van der Waals surface area contributed by atoms with Gasteiger partial charge in [0.25, 0.3) is 5.91 Å². The molecule has 36 heavy (non-hydrogen) atoms. The minimum Gasteiger partial charge on any atom is -0.459 e. The van der Waals surface area contributed by atoms with Crippen LogP contribution in [-0.4, -0.2) is 66.3 Å². The quantitative estimate of drug-likeness (QED) is 0.390. The zero-order chi connectivity index (χ0) is 25.5. The number of likely N-dealkylation sites (tertiary alicyclic amines) is 1. The van der Waals surface area contributed by atoms with Crippen LogP contribution in [0.2, 0.25) is 0 Å². The first-order valence-corrected chi connectivity index (χ1v) is 12.5. The van der Waals surface area contributed by atoms with Crippen molar-refractivity contribution in [1.82, 2.24) is 15.5 Å². The van der Waals surface area contributed by atoms with E-state index in [9.17, 15) is 19.2 Å². The van der Waals surface area contributed by atoms with Gasteiger partial charge in [0.15, 0.2) is 5.76 Å². The molecule has 192 valence electrons. The van der Waals surface area contributed by atoms with Gasteiger partial charge in [0.1, 0.15) is 12.1 Å². The van der Waals surface area contributed by atoms with Crippen molar-refractivity contribution in [2.45, 2.75) is 50.2 Å². The molecule has 0 aliphatic carbocycles. The second kappa shape index (κ2) is 11.9. The molecule has 2 saturated heterocycles. The van der Waals surface area contributed by atoms with E-state index in [1.807, 2.05) is 30.3 Å². The first kappa shape index (κ1) is 25.4. The average molecular weight is 497 g/mol. The van der Waals surface area contributed by atoms with Gasteiger partial charge in [-0.2, -0.15) is 0 Å². The van der Waals surface area contributed by atoms with E-state index in [0.717, 1.165) is 31.5 Å². The Kier molecular flexibility index (Phi) is 8.37. The number of amides is 4. The zero-order valence-electron chi connectivity index (χ0n) is 20.2. The molecule has 4 amide bonds. The molecule has 0 radical (unpaired) electrons. The van der Waals surface area contributed by atoms with Gasteiger partial charge in [-0.15, -0.1) is 0 Å². The van der Waals surface area contributed by atoms with E-state index < -0.39 is 29.8 Å². The van der Waals surface area contributed by atoms with Crippen LogP contribution in [0.4, 0.5) is 0 Å². The van der Waals surface area contributed by atoms with Crippen molar-refractivity contribution < 1.29 is 28.9 Å². The number of carbonyl (C=O) groups excluding carboxylic acids is 4. The van der Waals surface area contributed by atoms with Gasteiger partial charge in [-0.05, 0) is 30.5 Å². The lowest BCUT2D eigenvalue weighted by atomic mass is 9.93. The Labute approximate surface area is 210 Å². The Hall–Kier alpha value is -3.66. The molecule has 2 aromatic rings. The van der Waals surface area contributed by atoms with E-state index in [2.05, 4.69) is 16.0 Å². The fraction of sp³-hybridized carbons (Fsp3) is 0.462. The number of furan rings is 1. The fourth-order valence-corrected chi connectivity index (χ4v) is 4.98. The standard InChI is InChI=1S/C26H33N5O5/c27-23(32)20(15-17-5-2-1-3-6-17)30-25(34)21-16-19(29-24(33)18-8-11-28-12-9-18)10-13-31(21)26(35)22-7-4-14-36-22/h1-7,14,18-21,28H,8-13,15-16H2,(H2,27,32)(H,29,33)(H,30,34)/p+1/t19-,20+,21-/m0/s1. The van der Waals surface area contributed by atoms with Gasteiger partial charge in [-0.1, -0.05) is 30.3 Å². The molecule has 10 nitrogen and oxygen atoms in total. The van der Waals surface area contributed by atoms with Gasteiger partial charge in [0, 0.05) is 37.8 Å². The van der Waals surface area contributed by atoms with Gasteiger partial charge in [0.05, 0.1) is 19.4 Å². The van der Waals surface area contributed by atoms with E-state index >= 15 is 0 Å². The van der Waals surface area contributed by atoms with Crippen LogP contribution in [0.15, 0.2) is 53.1 Å². The molecule has 10 heteroatoms. The first-order chi connectivity index (χ1) is 17.4. The summed E-state index contributed by atoms with van der Waals surface area (Å²) in [6.45, 7) is 2.12. The number of nitrogens with two attached hydrogens (primary N) is 2. The lowest BCUT2D eigenvalue weighted by molar-refractivity contribution is -0.664. The fourth-order valence-electron chi connectivity index (χ4n) is 4.98. The minimum atomic E-state index is -0.936. The number of rotatable bonds is 8. The second-order valence-corrected chi connectivity index (χ2v) is 9.52. The monoisotopic (exact) mass is 496 g/mol. The number of nitrogens with zero attached hydrogens (tertiary/aromatic N) is 1. The summed E-state index contributed by atoms with van der Waals surface area (Å²) in [5, 5.41) is 8.05. The van der Waals surface area contributed by atoms with E-state index in [0.29, 0.717) is 6.42 Å². The average Bonchev–Trinajstić information content (AvgIpc) is 3.44. The maximum Gasteiger partial charge on any atom is 0.290 e. The van der Waals surface area contributed by atoms with Gasteiger partial charge in [-0.3, -0.25) is 19.2 Å². The number of piperidine rings is 2. The van der Waals surface area contributed by atoms with E-state index in [1.54, 1.807) is 12.1 Å². The summed E-state index contributed by atoms with van der Waals surface area (Å²) in [5.74, 6) is -1.46. The number of hydrogen-bond donors (Lipinski definition) is 4. The van der Waals surface area contributed by atoms with Gasteiger partial charge in [-0.25, -0.2) is 0 Å². The normalized spacial score (nSPS) is 21.4. The van der Waals surface area contributed by atoms with Crippen LogP contribution >= 0.6 is 0 Å². The van der Waals surface area contributed by atoms with Crippen LogP contribution in [0.1, 0.15) is 41.8 Å². The van der Waals surface area contributed by atoms with Crippen molar-refractivity contribution in [2.75, 3.05) is 19.6 Å². The Morgan fingerprint density at radius 3 is 2.44 bits per heavy atom. The number of nitrogens with one attached hydrogen (secondary N) is 2. The summed E-state index contributed by atoms with van der Waals surface area (Å²) >= 11 is 0. The molecule has 1 aromatic heterocycles. The van der Waals surface area contributed by atoms with Crippen LogP contribution in [0.3, 0.4) is 0 Å². The molecular weight excluding hydrogens is 462 g/mol. The Bertz CT molecular complexity index is 1050. The second-order valence-electron chi connectivity index (χ2n) is 9.52. The Morgan fingerprint density at radius 1 is 1.03 bits per heavy atom. The highest BCUT2D eigenvalue weighted by Crippen LogP contribution is 2.22. The lowest BCUT2D eigenvalue weighted by Gasteiger charge is -2.39. The molecule has 0 bridgehead atoms. The topological polar surface area (TPSA) is 151 Å². The Balaban J connectivity index is 1.48. The summed E-state index contributed by atoms with van der Waals surface area (Å²) in [7, 11) is 0. The molecule has 0 saturated carbocycles. The van der Waals surface area contributed by atoms with Crippen molar-refractivity contribution >= 4 is 23.6 Å². The first-order valence-electron chi connectivity index (χ1n) is 12.5. The molecular formula is C26H34N5O5+. The van der Waals surface area contributed by atoms with Crippen LogP contribution in [0, 0.1) is 5.92 Å². The third-order valence-corrected chi connectivity index (χ3v) is 7.00. The third kappa shape index (κ3) is 6.31. The van der Waals surface area contributed by atoms with Crippen molar-refractivity contribution in [2.24, 2.45) is 11.7 Å². The van der Waals surface area contributed by atoms with Gasteiger partial charge < -0.3 is 31.0 Å². The minimum absolute atomic E-state index is 0.00263. The van der Waals surface area contributed by atoms with E-state index in [-0.39, 0.29) is 43.0 Å². The summed E-state index contributed by atoms with van der Waals surface area (Å²) in [4.78, 5) is 53.0. The zero-order valence-corrected chi connectivity index (χ0v) is 20.2. The summed E-state index contributed by atoms with van der Waals surface area (Å²) in [6, 6.07) is 10.3. The van der Waals surface area contributed by atoms with Gasteiger partial charge in [0.2, 0.25) is 17.7 Å². The predicted molar refractivity (Wildman–Crippen MR) is 130 cm³/mol. The molecule has 2 fully saturated rings. The maximum absolute atomic E-state index is 13.5. The van der Waals surface area contributed by atoms with Crippen molar-refractivity contribution in [3.05, 3.63) is 60.1 Å². The largest absolute Gasteiger partial charge is 0.459 e. The molecule has 3 atom stereocenters. The van der Waals surface area contributed by atoms with Crippen LogP contribution < -0.4 is 21.7 Å². The van der Waals surface area contributed by atoms with E-state index in [4.69, 9.17) is 10.2 Å². The predicted octanol–water partition coefficient (Wildman–Crippen LogP) is -0.445. The third-order valence-electron chi connectivity index (χ3n) is 7.00. The molecule has 0 spiro atoms. The molecule has 3 heterocycles. The highest BCUT2D eigenvalue weighted by Gasteiger charge is 2.39. The SMILES string of the molecule is NC(=O)[C@@H](Cc1ccccc1)NC(=O)[C@@H]1C[C@@H](NC(=O)C2CC[NH2+]CC2)CCN1C(=O)c1ccco1. The summed E-state index contributed by atoms with van der Waals surface area (Å²) in [5.41, 5.74) is 6.45. The Morgan fingerprint density at radius 2 is 1.78 bits per heavy atom. The summed E-state index contributed by atoms with van der Waals surface area (Å²) in [6.07, 6.45) is 4.04. The molecule has 0 unspecified atom stereocenters. The van der Waals surface area contributed by atoms with Crippen molar-refractivity contribution in [3.8, 4) is 0 Å². The smallest absolute Gasteiger partial charge is 0.290 e. The van der Waals surface area contributed by atoms with Crippen LogP contribution in [-0.2, 0) is 20.8 Å². The van der Waals surface area contributed by atoms with Crippen molar-refractivity contribution in [3.63, 3.8) is 0 Å². The lowest BCUT2D eigenvalue weighted by Crippen LogP contribution is -2.86. The highest BCUT2D eigenvalue weighted by molar-refractivity contribution is 5.97. The number of carbonyl (C=O) groups is 4. The number of hydrogen-bond acceptors (Lipinski definition) is 5. The maximum atomic E-state index is 13.5. The van der Waals surface area contributed by atoms with E-state index in [1.165, 1.54) is 11.2 Å². The van der Waals surface area contributed by atoms with Gasteiger partial charge >= 0.3 is 0 Å². The molecule has 6 N–H and O–H groups in total. The molecule has 4 rings (SSSR count). The van der Waals surface area contributed by atoms with Crippen LogP contribution in [0.25, 0.3) is 0 Å². The molecule has 1 aromatic carbocycles. The number of primary amides is 1. The van der Waals surface area contributed by atoms with Crippen molar-refractivity contribution in [1.29, 1.82) is 0 Å². The number of quaternary nitrogens is 1. The van der Waals surface area contributed by atoms with Crippen LogP contribution in [0.5, 0.6) is 0 Å².